The smallest absolute Gasteiger partial charge is 0.227 e. The largest absolute Gasteiger partial charge is 0.350 e. The van der Waals surface area contributed by atoms with Crippen molar-refractivity contribution in [2.24, 2.45) is 0 Å². The van der Waals surface area contributed by atoms with Crippen LogP contribution in [0.25, 0.3) is 11.0 Å². The third kappa shape index (κ3) is 3.77. The number of hydrogen-bond donors (Lipinski definition) is 3. The number of aryl methyl sites for hydroxylation is 1. The van der Waals surface area contributed by atoms with E-state index in [-0.39, 0.29) is 6.04 Å². The van der Waals surface area contributed by atoms with E-state index in [1.165, 1.54) is 0 Å². The van der Waals surface area contributed by atoms with E-state index in [9.17, 15) is 0 Å². The molecule has 9 heteroatoms. The van der Waals surface area contributed by atoms with Crippen LogP contribution in [0.15, 0.2) is 36.5 Å². The van der Waals surface area contributed by atoms with Gasteiger partial charge in [-0.2, -0.15) is 20.2 Å². The highest BCUT2D eigenvalue weighted by Crippen LogP contribution is 2.26. The van der Waals surface area contributed by atoms with Gasteiger partial charge in [-0.15, -0.1) is 0 Å². The number of nitrogens with one attached hydrogen (secondary N) is 3. The number of nitrogens with zero attached hydrogens (tertiary/aromatic N) is 5. The van der Waals surface area contributed by atoms with Gasteiger partial charge in [0.2, 0.25) is 5.95 Å². The second-order valence-corrected chi connectivity index (χ2v) is 7.29. The summed E-state index contributed by atoms with van der Waals surface area (Å²) in [6, 6.07) is 9.77. The van der Waals surface area contributed by atoms with Gasteiger partial charge in [0.25, 0.3) is 0 Å². The SMILES string of the molecule is Cc1cc(Nc2nc(NCc3ccc(Cl)cc3)nc3c2cnn3C(C)C)n[nH]1. The van der Waals surface area contributed by atoms with Gasteiger partial charge >= 0.3 is 0 Å². The van der Waals surface area contributed by atoms with Crippen LogP contribution in [-0.4, -0.2) is 29.9 Å². The van der Waals surface area contributed by atoms with Crippen LogP contribution >= 0.6 is 11.6 Å². The Hall–Kier alpha value is -3.13. The molecule has 0 radical (unpaired) electrons. The number of fused-ring (bicyclic) bond motifs is 1. The molecule has 0 aliphatic heterocycles. The molecule has 0 atom stereocenters. The van der Waals surface area contributed by atoms with Crippen LogP contribution in [0.1, 0.15) is 31.1 Å². The highest BCUT2D eigenvalue weighted by molar-refractivity contribution is 6.30. The van der Waals surface area contributed by atoms with Gasteiger partial charge in [-0.3, -0.25) is 5.10 Å². The first kappa shape index (κ1) is 18.2. The predicted octanol–water partition coefficient (Wildman–Crippen LogP) is 4.45. The summed E-state index contributed by atoms with van der Waals surface area (Å²) >= 11 is 5.96. The summed E-state index contributed by atoms with van der Waals surface area (Å²) in [5.41, 5.74) is 2.81. The number of aromatic amines is 1. The number of H-pyrrole nitrogens is 1. The lowest BCUT2D eigenvalue weighted by atomic mass is 10.2. The van der Waals surface area contributed by atoms with E-state index in [1.807, 2.05) is 41.9 Å². The molecule has 3 heterocycles. The Bertz CT molecular complexity index is 1100. The van der Waals surface area contributed by atoms with Crippen molar-refractivity contribution < 1.29 is 0 Å². The first-order valence-corrected chi connectivity index (χ1v) is 9.40. The summed E-state index contributed by atoms with van der Waals surface area (Å²) < 4.78 is 1.88. The molecule has 0 amide bonds. The quantitative estimate of drug-likeness (QED) is 0.445. The number of rotatable bonds is 6. The molecule has 8 nitrogen and oxygen atoms in total. The number of aromatic nitrogens is 6. The maximum absolute atomic E-state index is 5.96. The molecule has 0 aliphatic carbocycles. The molecular formula is C19H21ClN8. The molecule has 3 N–H and O–H groups in total. The molecule has 0 saturated carbocycles. The maximum atomic E-state index is 5.96. The van der Waals surface area contributed by atoms with Crippen LogP contribution < -0.4 is 10.6 Å². The highest BCUT2D eigenvalue weighted by Gasteiger charge is 2.15. The zero-order valence-corrected chi connectivity index (χ0v) is 16.6. The summed E-state index contributed by atoms with van der Waals surface area (Å²) in [5.74, 6) is 1.86. The van der Waals surface area contributed by atoms with Crippen LogP contribution in [0.4, 0.5) is 17.6 Å². The molecular weight excluding hydrogens is 376 g/mol. The van der Waals surface area contributed by atoms with Gasteiger partial charge in [-0.05, 0) is 38.5 Å². The van der Waals surface area contributed by atoms with E-state index in [4.69, 9.17) is 11.6 Å². The molecule has 0 spiro atoms. The van der Waals surface area contributed by atoms with Crippen molar-refractivity contribution in [2.45, 2.75) is 33.4 Å². The van der Waals surface area contributed by atoms with Crippen molar-refractivity contribution in [3.8, 4) is 0 Å². The molecule has 1 aromatic carbocycles. The van der Waals surface area contributed by atoms with E-state index < -0.39 is 0 Å². The summed E-state index contributed by atoms with van der Waals surface area (Å²) in [5, 5.41) is 19.7. The molecule has 0 bridgehead atoms. The minimum Gasteiger partial charge on any atom is -0.350 e. The summed E-state index contributed by atoms with van der Waals surface area (Å²) in [7, 11) is 0. The summed E-state index contributed by atoms with van der Waals surface area (Å²) in [4.78, 5) is 9.32. The molecule has 28 heavy (non-hydrogen) atoms. The number of hydrogen-bond acceptors (Lipinski definition) is 6. The molecule has 4 rings (SSSR count). The molecule has 0 unspecified atom stereocenters. The van der Waals surface area contributed by atoms with E-state index >= 15 is 0 Å². The van der Waals surface area contributed by atoms with Crippen molar-refractivity contribution in [1.82, 2.24) is 29.9 Å². The van der Waals surface area contributed by atoms with Gasteiger partial charge in [0.1, 0.15) is 5.82 Å². The molecule has 0 saturated heterocycles. The van der Waals surface area contributed by atoms with Gasteiger partial charge in [0, 0.05) is 29.4 Å². The first-order chi connectivity index (χ1) is 13.5. The standard InChI is InChI=1S/C19H21ClN8/c1-11(2)28-18-15(10-22-28)17(23-16-8-12(3)26-27-16)24-19(25-18)21-9-13-4-6-14(20)7-5-13/h4-8,10-11H,9H2,1-3H3,(H3,21,23,24,25,26,27). The summed E-state index contributed by atoms with van der Waals surface area (Å²) in [6.07, 6.45) is 1.78. The Labute approximate surface area is 167 Å². The van der Waals surface area contributed by atoms with Crippen LogP contribution in [0.2, 0.25) is 5.02 Å². The first-order valence-electron chi connectivity index (χ1n) is 9.02. The Morgan fingerprint density at radius 2 is 1.96 bits per heavy atom. The van der Waals surface area contributed by atoms with Gasteiger partial charge in [0.05, 0.1) is 11.6 Å². The maximum Gasteiger partial charge on any atom is 0.227 e. The number of anilines is 3. The van der Waals surface area contributed by atoms with E-state index in [0.29, 0.717) is 29.2 Å². The van der Waals surface area contributed by atoms with Crippen molar-refractivity contribution in [3.05, 3.63) is 52.8 Å². The Morgan fingerprint density at radius 1 is 1.18 bits per heavy atom. The molecule has 4 aromatic rings. The second-order valence-electron chi connectivity index (χ2n) is 6.86. The lowest BCUT2D eigenvalue weighted by molar-refractivity contribution is 0.546. The van der Waals surface area contributed by atoms with Crippen LogP contribution in [-0.2, 0) is 6.54 Å². The Kier molecular flexibility index (Phi) is 4.87. The topological polar surface area (TPSA) is 96.3 Å². The predicted molar refractivity (Wildman–Crippen MR) is 111 cm³/mol. The second kappa shape index (κ2) is 7.47. The van der Waals surface area contributed by atoms with Gasteiger partial charge in [0.15, 0.2) is 11.5 Å². The fourth-order valence-corrected chi connectivity index (χ4v) is 2.99. The lowest BCUT2D eigenvalue weighted by Crippen LogP contribution is -2.09. The average Bonchev–Trinajstić information content (AvgIpc) is 3.27. The van der Waals surface area contributed by atoms with Gasteiger partial charge in [-0.1, -0.05) is 23.7 Å². The third-order valence-electron chi connectivity index (χ3n) is 4.26. The minimum atomic E-state index is 0.178. The lowest BCUT2D eigenvalue weighted by Gasteiger charge is -2.11. The highest BCUT2D eigenvalue weighted by atomic mass is 35.5. The van der Waals surface area contributed by atoms with Crippen molar-refractivity contribution in [3.63, 3.8) is 0 Å². The molecule has 144 valence electrons. The third-order valence-corrected chi connectivity index (χ3v) is 4.51. The molecule has 0 fully saturated rings. The van der Waals surface area contributed by atoms with Crippen LogP contribution in [0, 0.1) is 6.92 Å². The fourth-order valence-electron chi connectivity index (χ4n) is 2.86. The van der Waals surface area contributed by atoms with Gasteiger partial charge < -0.3 is 10.6 Å². The Morgan fingerprint density at radius 3 is 2.64 bits per heavy atom. The van der Waals surface area contributed by atoms with Gasteiger partial charge in [-0.25, -0.2) is 4.68 Å². The molecule has 3 aromatic heterocycles. The van der Waals surface area contributed by atoms with E-state index in [1.54, 1.807) is 6.20 Å². The fraction of sp³-hybridized carbons (Fsp3) is 0.263. The average molecular weight is 397 g/mol. The normalized spacial score (nSPS) is 11.3. The van der Waals surface area contributed by atoms with Crippen molar-refractivity contribution in [2.75, 3.05) is 10.6 Å². The Balaban J connectivity index is 1.68. The number of halogens is 1. The van der Waals surface area contributed by atoms with E-state index in [2.05, 4.69) is 49.7 Å². The van der Waals surface area contributed by atoms with Crippen molar-refractivity contribution >= 4 is 40.2 Å². The van der Waals surface area contributed by atoms with Crippen LogP contribution in [0.3, 0.4) is 0 Å². The number of benzene rings is 1. The van der Waals surface area contributed by atoms with Crippen molar-refractivity contribution in [1.29, 1.82) is 0 Å². The zero-order chi connectivity index (χ0) is 19.7. The van der Waals surface area contributed by atoms with Crippen LogP contribution in [0.5, 0.6) is 0 Å². The summed E-state index contributed by atoms with van der Waals surface area (Å²) in [6.45, 7) is 6.67. The zero-order valence-electron chi connectivity index (χ0n) is 15.9. The van der Waals surface area contributed by atoms with E-state index in [0.717, 1.165) is 22.3 Å². The molecule has 0 aliphatic rings. The minimum absolute atomic E-state index is 0.178. The monoisotopic (exact) mass is 396 g/mol.